The number of hydrogen-bond donors (Lipinski definition) is 1. The van der Waals surface area contributed by atoms with E-state index < -0.39 is 5.63 Å². The summed E-state index contributed by atoms with van der Waals surface area (Å²) in [4.78, 5) is 22.5. The normalized spacial score (nSPS) is 10.6. The molecule has 94 valence electrons. The van der Waals surface area contributed by atoms with Gasteiger partial charge in [0.2, 0.25) is 5.91 Å². The van der Waals surface area contributed by atoms with Gasteiger partial charge in [0, 0.05) is 24.9 Å². The Morgan fingerprint density at radius 3 is 2.67 bits per heavy atom. The van der Waals surface area contributed by atoms with Crippen LogP contribution >= 0.6 is 0 Å². The predicted octanol–water partition coefficient (Wildman–Crippen LogP) is 2.05. The molecule has 0 saturated heterocycles. The zero-order chi connectivity index (χ0) is 13.3. The number of rotatable bonds is 2. The van der Waals surface area contributed by atoms with E-state index in [-0.39, 0.29) is 5.91 Å². The molecule has 1 N–H and O–H groups in total. The summed E-state index contributed by atoms with van der Waals surface area (Å²) in [5.41, 5.74) is 3.04. The number of nitrogens with one attached hydrogen (secondary N) is 1. The van der Waals surface area contributed by atoms with Gasteiger partial charge in [-0.25, -0.2) is 4.79 Å². The van der Waals surface area contributed by atoms with Crippen LogP contribution in [0.4, 0.5) is 0 Å². The lowest BCUT2D eigenvalue weighted by Crippen LogP contribution is -2.20. The van der Waals surface area contributed by atoms with Crippen LogP contribution in [0.5, 0.6) is 0 Å². The molecule has 0 unspecified atom stereocenters. The van der Waals surface area contributed by atoms with Gasteiger partial charge in [0.1, 0.15) is 5.58 Å². The zero-order valence-electron chi connectivity index (χ0n) is 10.7. The maximum atomic E-state index is 11.5. The minimum absolute atomic E-state index is 0.124. The SMILES string of the molecule is CC(=O)NCc1cc(=O)oc2cc(C)cc(C)c12. The van der Waals surface area contributed by atoms with Crippen LogP contribution in [0.25, 0.3) is 11.0 Å². The average molecular weight is 245 g/mol. The van der Waals surface area contributed by atoms with Gasteiger partial charge in [0.15, 0.2) is 0 Å². The van der Waals surface area contributed by atoms with Crippen molar-refractivity contribution in [1.82, 2.24) is 5.32 Å². The first-order chi connectivity index (χ1) is 8.47. The third-order valence-electron chi connectivity index (χ3n) is 2.80. The van der Waals surface area contributed by atoms with Crippen LogP contribution in [-0.2, 0) is 11.3 Å². The number of aryl methyl sites for hydroxylation is 2. The van der Waals surface area contributed by atoms with E-state index in [4.69, 9.17) is 4.42 Å². The highest BCUT2D eigenvalue weighted by Crippen LogP contribution is 2.22. The molecule has 2 rings (SSSR count). The number of carbonyl (C=O) groups excluding carboxylic acids is 1. The molecule has 4 heteroatoms. The molecular formula is C14H15NO3. The molecule has 18 heavy (non-hydrogen) atoms. The van der Waals surface area contributed by atoms with Crippen LogP contribution in [0.3, 0.4) is 0 Å². The molecular weight excluding hydrogens is 230 g/mol. The van der Waals surface area contributed by atoms with Crippen molar-refractivity contribution in [3.63, 3.8) is 0 Å². The largest absolute Gasteiger partial charge is 0.423 e. The molecule has 0 radical (unpaired) electrons. The third-order valence-corrected chi connectivity index (χ3v) is 2.80. The van der Waals surface area contributed by atoms with Gasteiger partial charge in [-0.3, -0.25) is 4.79 Å². The zero-order valence-corrected chi connectivity index (χ0v) is 10.7. The summed E-state index contributed by atoms with van der Waals surface area (Å²) in [5.74, 6) is -0.124. The van der Waals surface area contributed by atoms with Crippen LogP contribution < -0.4 is 10.9 Å². The second kappa shape index (κ2) is 4.64. The van der Waals surface area contributed by atoms with Crippen molar-refractivity contribution in [3.8, 4) is 0 Å². The first kappa shape index (κ1) is 12.4. The van der Waals surface area contributed by atoms with Gasteiger partial charge in [-0.15, -0.1) is 0 Å². The van der Waals surface area contributed by atoms with E-state index in [1.165, 1.54) is 13.0 Å². The lowest BCUT2D eigenvalue weighted by atomic mass is 10.0. The standard InChI is InChI=1S/C14H15NO3/c1-8-4-9(2)14-11(7-15-10(3)16)6-13(17)18-12(14)5-8/h4-6H,7H2,1-3H3,(H,15,16). The van der Waals surface area contributed by atoms with Gasteiger partial charge in [-0.2, -0.15) is 0 Å². The van der Waals surface area contributed by atoms with Gasteiger partial charge in [-0.1, -0.05) is 6.07 Å². The Morgan fingerprint density at radius 2 is 2.00 bits per heavy atom. The van der Waals surface area contributed by atoms with Crippen molar-refractivity contribution in [2.45, 2.75) is 27.3 Å². The Hall–Kier alpha value is -2.10. The molecule has 0 aliphatic carbocycles. The van der Waals surface area contributed by atoms with Crippen LogP contribution in [0.15, 0.2) is 27.4 Å². The van der Waals surface area contributed by atoms with Crippen molar-refractivity contribution in [1.29, 1.82) is 0 Å². The molecule has 1 aromatic carbocycles. The summed E-state index contributed by atoms with van der Waals surface area (Å²) >= 11 is 0. The lowest BCUT2D eigenvalue weighted by molar-refractivity contribution is -0.119. The molecule has 0 spiro atoms. The second-order valence-electron chi connectivity index (χ2n) is 4.46. The highest BCUT2D eigenvalue weighted by Gasteiger charge is 2.09. The summed E-state index contributed by atoms with van der Waals surface area (Å²) in [6.07, 6.45) is 0. The van der Waals surface area contributed by atoms with Crippen LogP contribution in [0.1, 0.15) is 23.6 Å². The molecule has 1 amide bonds. The van der Waals surface area contributed by atoms with Crippen molar-refractivity contribution in [2.24, 2.45) is 0 Å². The van der Waals surface area contributed by atoms with E-state index in [0.717, 1.165) is 22.1 Å². The van der Waals surface area contributed by atoms with Gasteiger partial charge in [0.05, 0.1) is 0 Å². The summed E-state index contributed by atoms with van der Waals surface area (Å²) in [6, 6.07) is 5.29. The molecule has 4 nitrogen and oxygen atoms in total. The second-order valence-corrected chi connectivity index (χ2v) is 4.46. The quantitative estimate of drug-likeness (QED) is 0.824. The molecule has 0 saturated carbocycles. The summed E-state index contributed by atoms with van der Waals surface area (Å²) < 4.78 is 5.20. The maximum absolute atomic E-state index is 11.5. The van der Waals surface area contributed by atoms with E-state index in [9.17, 15) is 9.59 Å². The fourth-order valence-corrected chi connectivity index (χ4v) is 2.13. The highest BCUT2D eigenvalue weighted by atomic mass is 16.4. The highest BCUT2D eigenvalue weighted by molar-refractivity contribution is 5.85. The smallest absolute Gasteiger partial charge is 0.336 e. The van der Waals surface area contributed by atoms with E-state index in [2.05, 4.69) is 5.32 Å². The van der Waals surface area contributed by atoms with Gasteiger partial charge < -0.3 is 9.73 Å². The Morgan fingerprint density at radius 1 is 1.28 bits per heavy atom. The van der Waals surface area contributed by atoms with Gasteiger partial charge in [0.25, 0.3) is 0 Å². The topological polar surface area (TPSA) is 59.3 Å². The molecule has 0 bridgehead atoms. The fourth-order valence-electron chi connectivity index (χ4n) is 2.13. The first-order valence-corrected chi connectivity index (χ1v) is 5.76. The molecule has 0 aliphatic heterocycles. The lowest BCUT2D eigenvalue weighted by Gasteiger charge is -2.09. The van der Waals surface area contributed by atoms with Gasteiger partial charge in [-0.05, 0) is 36.6 Å². The molecule has 1 aromatic heterocycles. The minimum atomic E-state index is -0.396. The van der Waals surface area contributed by atoms with E-state index in [1.807, 2.05) is 26.0 Å². The number of carbonyl (C=O) groups is 1. The Labute approximate surface area is 105 Å². The van der Waals surface area contributed by atoms with E-state index in [0.29, 0.717) is 12.1 Å². The Balaban J connectivity index is 2.64. The monoisotopic (exact) mass is 245 g/mol. The van der Waals surface area contributed by atoms with Crippen molar-refractivity contribution in [3.05, 3.63) is 45.3 Å². The molecule has 0 atom stereocenters. The van der Waals surface area contributed by atoms with Crippen molar-refractivity contribution in [2.75, 3.05) is 0 Å². The maximum Gasteiger partial charge on any atom is 0.336 e. The van der Waals surface area contributed by atoms with Crippen LogP contribution in [0, 0.1) is 13.8 Å². The van der Waals surface area contributed by atoms with E-state index >= 15 is 0 Å². The summed E-state index contributed by atoms with van der Waals surface area (Å²) in [7, 11) is 0. The van der Waals surface area contributed by atoms with Crippen LogP contribution in [-0.4, -0.2) is 5.91 Å². The number of fused-ring (bicyclic) bond motifs is 1. The predicted molar refractivity (Wildman–Crippen MR) is 69.5 cm³/mol. The summed E-state index contributed by atoms with van der Waals surface area (Å²) in [6.45, 7) is 5.70. The van der Waals surface area contributed by atoms with E-state index in [1.54, 1.807) is 0 Å². The van der Waals surface area contributed by atoms with Crippen molar-refractivity contribution >= 4 is 16.9 Å². The molecule has 2 aromatic rings. The first-order valence-electron chi connectivity index (χ1n) is 5.76. The number of hydrogen-bond acceptors (Lipinski definition) is 3. The molecule has 0 fully saturated rings. The number of benzene rings is 1. The Bertz CT molecular complexity index is 671. The fraction of sp³-hybridized carbons (Fsp3) is 0.286. The van der Waals surface area contributed by atoms with Crippen LogP contribution in [0.2, 0.25) is 0 Å². The van der Waals surface area contributed by atoms with Gasteiger partial charge >= 0.3 is 5.63 Å². The summed E-state index contributed by atoms with van der Waals surface area (Å²) in [5, 5.41) is 3.60. The third kappa shape index (κ3) is 2.42. The minimum Gasteiger partial charge on any atom is -0.423 e. The van der Waals surface area contributed by atoms with Crippen molar-refractivity contribution < 1.29 is 9.21 Å². The molecule has 0 aliphatic rings. The Kier molecular flexibility index (Phi) is 3.19. The average Bonchev–Trinajstić information content (AvgIpc) is 2.24. The number of amides is 1. The molecule has 1 heterocycles.